The van der Waals surface area contributed by atoms with Crippen molar-refractivity contribution in [2.45, 2.75) is 32.4 Å². The van der Waals surface area contributed by atoms with Crippen LogP contribution in [0.25, 0.3) is 10.9 Å². The number of aromatic amines is 2. The summed E-state index contributed by atoms with van der Waals surface area (Å²) in [7, 11) is 0. The van der Waals surface area contributed by atoms with E-state index in [1.165, 1.54) is 29.3 Å². The van der Waals surface area contributed by atoms with Gasteiger partial charge < -0.3 is 9.97 Å². The van der Waals surface area contributed by atoms with Gasteiger partial charge in [0.15, 0.2) is 0 Å². The molecule has 0 spiro atoms. The van der Waals surface area contributed by atoms with Gasteiger partial charge in [0.05, 0.1) is 6.04 Å². The lowest BCUT2D eigenvalue weighted by atomic mass is 10.1. The fourth-order valence-corrected chi connectivity index (χ4v) is 3.43. The van der Waals surface area contributed by atoms with E-state index in [-0.39, 0.29) is 0 Å². The summed E-state index contributed by atoms with van der Waals surface area (Å²) in [5.41, 5.74) is 3.76. The Morgan fingerprint density at radius 2 is 2.29 bits per heavy atom. The first-order valence-corrected chi connectivity index (χ1v) is 7.62. The molecule has 4 rings (SSSR count). The monoisotopic (exact) mass is 280 g/mol. The molecule has 2 N–H and O–H groups in total. The molecule has 4 nitrogen and oxygen atoms in total. The Morgan fingerprint density at radius 3 is 3.14 bits per heavy atom. The van der Waals surface area contributed by atoms with Gasteiger partial charge in [-0.15, -0.1) is 0 Å². The molecule has 3 heterocycles. The molecule has 1 aliphatic heterocycles. The largest absolute Gasteiger partial charge is 0.361 e. The smallest absolute Gasteiger partial charge is 0.123 e. The number of nitrogens with zero attached hydrogens (tertiary/aromatic N) is 2. The molecule has 21 heavy (non-hydrogen) atoms. The van der Waals surface area contributed by atoms with E-state index in [1.807, 2.05) is 12.4 Å². The Bertz CT molecular complexity index is 755. The molecular weight excluding hydrogens is 260 g/mol. The maximum absolute atomic E-state index is 4.54. The van der Waals surface area contributed by atoms with Crippen molar-refractivity contribution in [2.24, 2.45) is 0 Å². The number of aryl methyl sites for hydroxylation is 1. The molecule has 1 fully saturated rings. The van der Waals surface area contributed by atoms with Crippen LogP contribution in [0, 0.1) is 6.92 Å². The highest BCUT2D eigenvalue weighted by molar-refractivity contribution is 5.82. The quantitative estimate of drug-likeness (QED) is 0.771. The molecule has 1 atom stereocenters. The Balaban J connectivity index is 1.62. The van der Waals surface area contributed by atoms with Crippen molar-refractivity contribution >= 4 is 10.9 Å². The van der Waals surface area contributed by atoms with Crippen LogP contribution in [0.5, 0.6) is 0 Å². The lowest BCUT2D eigenvalue weighted by molar-refractivity contribution is 0.241. The first-order chi connectivity index (χ1) is 10.3. The average Bonchev–Trinajstić information content (AvgIpc) is 3.18. The van der Waals surface area contributed by atoms with E-state index in [9.17, 15) is 0 Å². The van der Waals surface area contributed by atoms with Crippen molar-refractivity contribution in [2.75, 3.05) is 6.54 Å². The summed E-state index contributed by atoms with van der Waals surface area (Å²) in [4.78, 5) is 13.8. The Labute approximate surface area is 124 Å². The van der Waals surface area contributed by atoms with Crippen LogP contribution in [0.15, 0.2) is 36.7 Å². The third kappa shape index (κ3) is 2.25. The standard InChI is InChI=1S/C17H20N4/c1-12-10-19-17(20-12)16-6-3-9-21(16)11-13-4-2-5-15-14(13)7-8-18-15/h2,4-5,7-8,10,16,18H,3,6,9,11H2,1H3,(H,19,20)/t16-/m0/s1. The van der Waals surface area contributed by atoms with Crippen LogP contribution < -0.4 is 0 Å². The molecule has 0 saturated carbocycles. The molecule has 2 aromatic heterocycles. The summed E-state index contributed by atoms with van der Waals surface area (Å²) in [5.74, 6) is 1.12. The van der Waals surface area contributed by atoms with Crippen molar-refractivity contribution in [3.8, 4) is 0 Å². The zero-order valence-corrected chi connectivity index (χ0v) is 12.3. The number of H-pyrrole nitrogens is 2. The Hall–Kier alpha value is -2.07. The normalized spacial score (nSPS) is 19.6. The third-order valence-corrected chi connectivity index (χ3v) is 4.46. The molecule has 0 bridgehead atoms. The highest BCUT2D eigenvalue weighted by Gasteiger charge is 2.28. The first kappa shape index (κ1) is 12.7. The predicted molar refractivity (Wildman–Crippen MR) is 84.0 cm³/mol. The van der Waals surface area contributed by atoms with Gasteiger partial charge in [-0.3, -0.25) is 4.90 Å². The van der Waals surface area contributed by atoms with E-state index in [0.29, 0.717) is 6.04 Å². The Morgan fingerprint density at radius 1 is 1.33 bits per heavy atom. The van der Waals surface area contributed by atoms with Crippen LogP contribution >= 0.6 is 0 Å². The summed E-state index contributed by atoms with van der Waals surface area (Å²) in [5, 5.41) is 1.33. The Kier molecular flexibility index (Phi) is 3.04. The summed E-state index contributed by atoms with van der Waals surface area (Å²) in [6, 6.07) is 9.10. The predicted octanol–water partition coefficient (Wildman–Crippen LogP) is 3.54. The van der Waals surface area contributed by atoms with Gasteiger partial charge in [-0.25, -0.2) is 4.98 Å². The van der Waals surface area contributed by atoms with E-state index in [4.69, 9.17) is 0 Å². The van der Waals surface area contributed by atoms with Gasteiger partial charge >= 0.3 is 0 Å². The van der Waals surface area contributed by atoms with Gasteiger partial charge in [-0.05, 0) is 44.0 Å². The minimum absolute atomic E-state index is 0.424. The number of benzene rings is 1. The zero-order valence-electron chi connectivity index (χ0n) is 12.3. The van der Waals surface area contributed by atoms with Crippen LogP contribution in [0.1, 0.15) is 36.0 Å². The number of rotatable bonds is 3. The van der Waals surface area contributed by atoms with Crippen molar-refractivity contribution in [3.63, 3.8) is 0 Å². The molecule has 4 heteroatoms. The second kappa shape index (κ2) is 5.04. The molecular formula is C17H20N4. The van der Waals surface area contributed by atoms with Crippen molar-refractivity contribution in [1.29, 1.82) is 0 Å². The number of aromatic nitrogens is 3. The highest BCUT2D eigenvalue weighted by atomic mass is 15.2. The maximum Gasteiger partial charge on any atom is 0.123 e. The highest BCUT2D eigenvalue weighted by Crippen LogP contribution is 2.32. The summed E-state index contributed by atoms with van der Waals surface area (Å²) < 4.78 is 0. The fourth-order valence-electron chi connectivity index (χ4n) is 3.43. The van der Waals surface area contributed by atoms with Gasteiger partial charge in [0.2, 0.25) is 0 Å². The van der Waals surface area contributed by atoms with E-state index >= 15 is 0 Å². The van der Waals surface area contributed by atoms with Gasteiger partial charge in [-0.2, -0.15) is 0 Å². The molecule has 108 valence electrons. The second-order valence-corrected chi connectivity index (χ2v) is 5.94. The summed E-state index contributed by atoms with van der Waals surface area (Å²) >= 11 is 0. The number of imidazole rings is 1. The molecule has 0 amide bonds. The van der Waals surface area contributed by atoms with Gasteiger partial charge in [0.1, 0.15) is 5.82 Å². The van der Waals surface area contributed by atoms with Crippen LogP contribution in [0.4, 0.5) is 0 Å². The van der Waals surface area contributed by atoms with Crippen molar-refractivity contribution < 1.29 is 0 Å². The van der Waals surface area contributed by atoms with Crippen molar-refractivity contribution in [1.82, 2.24) is 19.9 Å². The number of hydrogen-bond donors (Lipinski definition) is 2. The molecule has 0 unspecified atom stereocenters. The van der Waals surface area contributed by atoms with Gasteiger partial charge in [-0.1, -0.05) is 12.1 Å². The summed E-state index contributed by atoms with van der Waals surface area (Å²) in [6.45, 7) is 4.20. The molecule has 3 aromatic rings. The lowest BCUT2D eigenvalue weighted by Crippen LogP contribution is -2.23. The van der Waals surface area contributed by atoms with Crippen LogP contribution in [-0.4, -0.2) is 26.4 Å². The van der Waals surface area contributed by atoms with E-state index in [0.717, 1.165) is 24.6 Å². The molecule has 0 radical (unpaired) electrons. The number of likely N-dealkylation sites (tertiary alicyclic amines) is 1. The van der Waals surface area contributed by atoms with E-state index in [1.54, 1.807) is 0 Å². The van der Waals surface area contributed by atoms with E-state index < -0.39 is 0 Å². The van der Waals surface area contributed by atoms with E-state index in [2.05, 4.69) is 51.0 Å². The van der Waals surface area contributed by atoms with Crippen molar-refractivity contribution in [3.05, 3.63) is 53.7 Å². The average molecular weight is 280 g/mol. The van der Waals surface area contributed by atoms with Gasteiger partial charge in [0.25, 0.3) is 0 Å². The fraction of sp³-hybridized carbons (Fsp3) is 0.353. The topological polar surface area (TPSA) is 47.7 Å². The minimum Gasteiger partial charge on any atom is -0.361 e. The summed E-state index contributed by atoms with van der Waals surface area (Å²) in [6.07, 6.45) is 6.38. The zero-order chi connectivity index (χ0) is 14.2. The van der Waals surface area contributed by atoms with Crippen LogP contribution in [0.2, 0.25) is 0 Å². The first-order valence-electron chi connectivity index (χ1n) is 7.62. The number of nitrogens with one attached hydrogen (secondary N) is 2. The second-order valence-electron chi connectivity index (χ2n) is 5.94. The molecule has 1 aromatic carbocycles. The maximum atomic E-state index is 4.54. The molecule has 0 aliphatic carbocycles. The van der Waals surface area contributed by atoms with Crippen LogP contribution in [-0.2, 0) is 6.54 Å². The molecule has 1 aliphatic rings. The van der Waals surface area contributed by atoms with Gasteiger partial charge in [0, 0.05) is 35.5 Å². The lowest BCUT2D eigenvalue weighted by Gasteiger charge is -2.23. The third-order valence-electron chi connectivity index (χ3n) is 4.46. The number of fused-ring (bicyclic) bond motifs is 1. The molecule has 1 saturated heterocycles. The number of hydrogen-bond acceptors (Lipinski definition) is 2. The SMILES string of the molecule is Cc1cnc([C@@H]2CCCN2Cc2cccc3[nH]ccc23)[nH]1. The van der Waals surface area contributed by atoms with Crippen LogP contribution in [0.3, 0.4) is 0 Å². The minimum atomic E-state index is 0.424.